The molecule has 5 nitrogen and oxygen atoms in total. The maximum absolute atomic E-state index is 11.1. The van der Waals surface area contributed by atoms with E-state index in [1.807, 2.05) is 37.3 Å². The van der Waals surface area contributed by atoms with Crippen molar-refractivity contribution in [1.29, 1.82) is 0 Å². The lowest BCUT2D eigenvalue weighted by Crippen LogP contribution is -2.28. The smallest absolute Gasteiger partial charge is 0.200 e. The number of hydrogen-bond donors (Lipinski definition) is 4. The molecule has 0 atom stereocenters. The molecule has 0 saturated heterocycles. The minimum Gasteiger partial charge on any atom is -0.508 e. The summed E-state index contributed by atoms with van der Waals surface area (Å²) in [6, 6.07) is 55.7. The number of furan rings is 1. The highest BCUT2D eigenvalue weighted by molar-refractivity contribution is 6.37. The molecule has 0 fully saturated rings. The summed E-state index contributed by atoms with van der Waals surface area (Å²) in [5.41, 5.74) is 11.8. The molecule has 0 bridgehead atoms. The van der Waals surface area contributed by atoms with Gasteiger partial charge in [-0.15, -0.1) is 0 Å². The van der Waals surface area contributed by atoms with E-state index in [0.717, 1.165) is 71.3 Å². The van der Waals surface area contributed by atoms with Gasteiger partial charge >= 0.3 is 0 Å². The summed E-state index contributed by atoms with van der Waals surface area (Å²) in [7, 11) is 1.50. The predicted octanol–water partition coefficient (Wildman–Crippen LogP) is 11.7. The molecular formula is C54H37BO5. The summed E-state index contributed by atoms with van der Waals surface area (Å²) in [5, 5.41) is 49.0. The second-order valence-electron chi connectivity index (χ2n) is 15.7. The van der Waals surface area contributed by atoms with E-state index in [2.05, 4.69) is 140 Å². The molecule has 60 heavy (non-hydrogen) atoms. The van der Waals surface area contributed by atoms with Crippen molar-refractivity contribution in [2.45, 2.75) is 12.3 Å². The van der Waals surface area contributed by atoms with E-state index in [-0.39, 0.29) is 16.8 Å². The van der Waals surface area contributed by atoms with Gasteiger partial charge in [-0.2, -0.15) is 0 Å². The van der Waals surface area contributed by atoms with Crippen LogP contribution in [0.3, 0.4) is 0 Å². The molecule has 0 unspecified atom stereocenters. The van der Waals surface area contributed by atoms with E-state index in [9.17, 15) is 20.4 Å². The van der Waals surface area contributed by atoms with Gasteiger partial charge in [-0.1, -0.05) is 140 Å². The maximum atomic E-state index is 11.1. The average molecular weight is 777 g/mol. The fourth-order valence-corrected chi connectivity index (χ4v) is 9.98. The van der Waals surface area contributed by atoms with Crippen LogP contribution in [0.2, 0.25) is 0 Å². The lowest BCUT2D eigenvalue weighted by atomic mass is 9.67. The molecule has 6 heteroatoms. The maximum Gasteiger partial charge on any atom is 0.200 e. The Bertz CT molecular complexity index is 3370. The number of fused-ring (bicyclic) bond motifs is 10. The normalized spacial score (nSPS) is 13.2. The van der Waals surface area contributed by atoms with Crippen LogP contribution < -0.4 is 5.46 Å². The van der Waals surface area contributed by atoms with Crippen LogP contribution in [0.1, 0.15) is 34.7 Å². The Kier molecular flexibility index (Phi) is 7.78. The fourth-order valence-electron chi connectivity index (χ4n) is 9.98. The zero-order valence-electron chi connectivity index (χ0n) is 32.9. The Labute approximate surface area is 346 Å². The van der Waals surface area contributed by atoms with Gasteiger partial charge in [0.1, 0.15) is 24.8 Å². The largest absolute Gasteiger partial charge is 0.508 e. The summed E-state index contributed by atoms with van der Waals surface area (Å²) in [6.45, 7) is 1.95. The molecule has 0 spiro atoms. The number of allylic oxidation sites excluding steroid dienone is 1. The number of phenols is 4. The first-order valence-corrected chi connectivity index (χ1v) is 20.1. The van der Waals surface area contributed by atoms with E-state index in [4.69, 9.17) is 4.42 Å². The Morgan fingerprint density at radius 1 is 0.517 bits per heavy atom. The summed E-state index contributed by atoms with van der Waals surface area (Å²) < 4.78 is 6.98. The summed E-state index contributed by atoms with van der Waals surface area (Å²) in [4.78, 5) is 0. The molecule has 0 radical (unpaired) electrons. The topological polar surface area (TPSA) is 94.1 Å². The Morgan fingerprint density at radius 2 is 1.18 bits per heavy atom. The van der Waals surface area contributed by atoms with Gasteiger partial charge in [0.15, 0.2) is 11.5 Å². The lowest BCUT2D eigenvalue weighted by Gasteiger charge is -2.34. The van der Waals surface area contributed by atoms with Crippen LogP contribution in [-0.2, 0) is 5.41 Å². The summed E-state index contributed by atoms with van der Waals surface area (Å²) in [5.74, 6) is -2.09. The summed E-state index contributed by atoms with van der Waals surface area (Å²) in [6.07, 6.45) is 3.96. The third-order valence-electron chi connectivity index (χ3n) is 12.6. The summed E-state index contributed by atoms with van der Waals surface area (Å²) >= 11 is 0. The van der Waals surface area contributed by atoms with Gasteiger partial charge in [-0.3, -0.25) is 0 Å². The van der Waals surface area contributed by atoms with Crippen LogP contribution >= 0.6 is 0 Å². The molecular weight excluding hydrogens is 739 g/mol. The van der Waals surface area contributed by atoms with Crippen LogP contribution in [-0.4, -0.2) is 28.3 Å². The van der Waals surface area contributed by atoms with Crippen LogP contribution in [0.5, 0.6) is 23.0 Å². The highest BCUT2D eigenvalue weighted by Gasteiger charge is 2.48. The molecule has 1 heterocycles. The highest BCUT2D eigenvalue weighted by Crippen LogP contribution is 2.60. The van der Waals surface area contributed by atoms with Crippen LogP contribution in [0, 0.1) is 0 Å². The SMILES string of the molecule is Bc1c(O)c(O)c(O)c(-c2cc(/C=C\C)c3c(ccc4cc(-c5cc6c(c7oc8ccccc8c57)-c5ccccc5C6(c5ccccc5)c5ccccc5)ccc43)c2)c1O. The minimum atomic E-state index is -0.668. The molecule has 0 saturated carbocycles. The number of para-hydroxylation sites is 1. The van der Waals surface area contributed by atoms with E-state index in [1.165, 1.54) is 30.1 Å². The van der Waals surface area contributed by atoms with Crippen LogP contribution in [0.4, 0.5) is 0 Å². The van der Waals surface area contributed by atoms with Crippen molar-refractivity contribution in [1.82, 2.24) is 0 Å². The Hall–Kier alpha value is -7.70. The molecule has 0 aliphatic heterocycles. The molecule has 1 aliphatic carbocycles. The third kappa shape index (κ3) is 4.82. The Balaban J connectivity index is 1.20. The Morgan fingerprint density at radius 3 is 1.93 bits per heavy atom. The van der Waals surface area contributed by atoms with Gasteiger partial charge in [-0.25, -0.2) is 0 Å². The zero-order chi connectivity index (χ0) is 40.9. The van der Waals surface area contributed by atoms with Gasteiger partial charge in [0, 0.05) is 16.3 Å². The second-order valence-corrected chi connectivity index (χ2v) is 15.7. The molecule has 4 N–H and O–H groups in total. The van der Waals surface area contributed by atoms with Crippen molar-refractivity contribution in [3.63, 3.8) is 0 Å². The number of aromatic hydroxyl groups is 4. The average Bonchev–Trinajstić information content (AvgIpc) is 3.82. The lowest BCUT2D eigenvalue weighted by molar-refractivity contribution is 0.365. The predicted molar refractivity (Wildman–Crippen MR) is 246 cm³/mol. The van der Waals surface area contributed by atoms with E-state index >= 15 is 0 Å². The molecule has 11 rings (SSSR count). The van der Waals surface area contributed by atoms with Gasteiger partial charge in [0.25, 0.3) is 0 Å². The minimum absolute atomic E-state index is 0.0584. The van der Waals surface area contributed by atoms with E-state index in [0.29, 0.717) is 5.56 Å². The van der Waals surface area contributed by atoms with Crippen molar-refractivity contribution in [3.05, 3.63) is 192 Å². The van der Waals surface area contributed by atoms with Crippen LogP contribution in [0.15, 0.2) is 168 Å². The van der Waals surface area contributed by atoms with Gasteiger partial charge in [0.2, 0.25) is 5.75 Å². The molecule has 0 amide bonds. The molecule has 1 aliphatic rings. The molecule has 9 aromatic carbocycles. The number of rotatable bonds is 5. The fraction of sp³-hybridized carbons (Fsp3) is 0.0370. The standard InChI is InChI=1S/C54H37BO5/c1-2-13-32-27-34(45-49(56)48(55)51(58)52(59)50(45)57)28-33-23-22-30-26-31(24-25-37(30)44(32)33)40-29-42-47(53-46(40)39-19-10-12-21-43(39)60-53)38-18-9-11-20-41(38)54(42,35-14-5-3-6-15-35)36-16-7-4-8-17-36/h2-29,56-59H,55H2,1H3/b13-2-. The number of benzene rings is 9. The van der Waals surface area contributed by atoms with Gasteiger partial charge < -0.3 is 24.8 Å². The van der Waals surface area contributed by atoms with Crippen molar-refractivity contribution >= 4 is 62.9 Å². The van der Waals surface area contributed by atoms with E-state index in [1.54, 1.807) is 0 Å². The highest BCUT2D eigenvalue weighted by atomic mass is 16.3. The monoisotopic (exact) mass is 776 g/mol. The van der Waals surface area contributed by atoms with Crippen molar-refractivity contribution < 1.29 is 24.8 Å². The first kappa shape index (κ1) is 35.5. The second kappa shape index (κ2) is 13.2. The number of hydrogen-bond acceptors (Lipinski definition) is 5. The molecule has 1 aromatic heterocycles. The quantitative estimate of drug-likeness (QED) is 0.0604. The van der Waals surface area contributed by atoms with E-state index < -0.39 is 22.7 Å². The first-order chi connectivity index (χ1) is 29.3. The van der Waals surface area contributed by atoms with Crippen molar-refractivity contribution in [3.8, 4) is 56.4 Å². The van der Waals surface area contributed by atoms with Crippen molar-refractivity contribution in [2.75, 3.05) is 0 Å². The number of phenolic OH excluding ortho intramolecular Hbond substituents is 4. The first-order valence-electron chi connectivity index (χ1n) is 20.1. The molecule has 10 aromatic rings. The zero-order valence-corrected chi connectivity index (χ0v) is 32.9. The van der Waals surface area contributed by atoms with Crippen LogP contribution in [0.25, 0.3) is 82.9 Å². The molecule has 286 valence electrons. The van der Waals surface area contributed by atoms with Crippen molar-refractivity contribution in [2.24, 2.45) is 0 Å². The van der Waals surface area contributed by atoms with Gasteiger partial charge in [-0.05, 0) is 114 Å². The third-order valence-corrected chi connectivity index (χ3v) is 12.6. The van der Waals surface area contributed by atoms with Gasteiger partial charge in [0.05, 0.1) is 11.0 Å².